The molecule has 21 heavy (non-hydrogen) atoms. The molecule has 0 spiro atoms. The minimum Gasteiger partial charge on any atom is -0.550 e. The van der Waals surface area contributed by atoms with Crippen molar-refractivity contribution in [2.45, 2.75) is 72.1 Å². The Balaban J connectivity index is 0. The van der Waals surface area contributed by atoms with E-state index >= 15 is 0 Å². The molecule has 0 saturated heterocycles. The molecule has 0 aromatic carbocycles. The molecule has 0 aliphatic carbocycles. The molecule has 0 fully saturated rings. The van der Waals surface area contributed by atoms with Gasteiger partial charge in [0.25, 0.3) is 0 Å². The first-order valence-electron chi connectivity index (χ1n) is 8.05. The van der Waals surface area contributed by atoms with Gasteiger partial charge in [-0.2, -0.15) is 0 Å². The topological polar surface area (TPSA) is 60.4 Å². The van der Waals surface area contributed by atoms with E-state index < -0.39 is 11.9 Å². The summed E-state index contributed by atoms with van der Waals surface area (Å²) in [7, 11) is 0. The van der Waals surface area contributed by atoms with Crippen LogP contribution < -0.4 is 34.7 Å². The zero-order chi connectivity index (χ0) is 15.4. The van der Waals surface area contributed by atoms with Crippen LogP contribution in [0, 0.1) is 5.92 Å². The molecule has 0 saturated carbocycles. The molecular weight excluding hydrogens is 277 g/mol. The molecular formula is C16H30NNaO3. The van der Waals surface area contributed by atoms with Gasteiger partial charge in [-0.05, 0) is 26.7 Å². The Morgan fingerprint density at radius 2 is 1.48 bits per heavy atom. The Morgan fingerprint density at radius 1 is 0.952 bits per heavy atom. The van der Waals surface area contributed by atoms with Gasteiger partial charge in [-0.3, -0.25) is 4.79 Å². The predicted molar refractivity (Wildman–Crippen MR) is 79.0 cm³/mol. The summed E-state index contributed by atoms with van der Waals surface area (Å²) in [5, 5.41) is 10.8. The van der Waals surface area contributed by atoms with Gasteiger partial charge in [0.15, 0.2) is 0 Å². The van der Waals surface area contributed by atoms with Gasteiger partial charge < -0.3 is 14.8 Å². The van der Waals surface area contributed by atoms with E-state index in [9.17, 15) is 14.7 Å². The van der Waals surface area contributed by atoms with Crippen LogP contribution in [0.3, 0.4) is 0 Å². The third kappa shape index (κ3) is 11.2. The molecule has 5 heteroatoms. The normalized spacial score (nSPS) is 11.6. The SMILES string of the molecule is CCCCCCCCC(CC(=O)[O-])C(=O)N(CC)CC.[Na+]. The van der Waals surface area contributed by atoms with Gasteiger partial charge in [-0.1, -0.05) is 45.4 Å². The summed E-state index contributed by atoms with van der Waals surface area (Å²) in [5.74, 6) is -1.57. The van der Waals surface area contributed by atoms with Crippen molar-refractivity contribution in [2.24, 2.45) is 5.92 Å². The van der Waals surface area contributed by atoms with Gasteiger partial charge in [-0.15, -0.1) is 0 Å². The second-order valence-electron chi connectivity index (χ2n) is 5.34. The van der Waals surface area contributed by atoms with E-state index in [1.165, 1.54) is 25.7 Å². The van der Waals surface area contributed by atoms with Crippen molar-refractivity contribution in [1.82, 2.24) is 4.90 Å². The maximum absolute atomic E-state index is 12.2. The molecule has 0 aromatic rings. The maximum atomic E-state index is 12.2. The Kier molecular flexibility index (Phi) is 16.4. The van der Waals surface area contributed by atoms with Crippen molar-refractivity contribution in [3.8, 4) is 0 Å². The van der Waals surface area contributed by atoms with Crippen LogP contribution in [-0.2, 0) is 9.59 Å². The van der Waals surface area contributed by atoms with E-state index in [2.05, 4.69) is 6.92 Å². The minimum atomic E-state index is -1.12. The molecule has 4 nitrogen and oxygen atoms in total. The number of hydrogen-bond acceptors (Lipinski definition) is 3. The first kappa shape index (κ1) is 23.2. The number of hydrogen-bond donors (Lipinski definition) is 0. The van der Waals surface area contributed by atoms with Crippen LogP contribution in [-0.4, -0.2) is 29.9 Å². The molecule has 1 amide bonds. The average Bonchev–Trinajstić information content (AvgIpc) is 2.42. The number of nitrogens with zero attached hydrogens (tertiary/aromatic N) is 1. The fourth-order valence-electron chi connectivity index (χ4n) is 2.48. The van der Waals surface area contributed by atoms with Crippen molar-refractivity contribution in [3.05, 3.63) is 0 Å². The summed E-state index contributed by atoms with van der Waals surface area (Å²) in [6.07, 6.45) is 7.38. The van der Waals surface area contributed by atoms with Crippen LogP contribution in [0.2, 0.25) is 0 Å². The average molecular weight is 307 g/mol. The molecule has 1 unspecified atom stereocenters. The third-order valence-corrected chi connectivity index (χ3v) is 3.74. The molecule has 0 aromatic heterocycles. The Hall–Kier alpha value is -0.0600. The largest absolute Gasteiger partial charge is 1.00 e. The van der Waals surface area contributed by atoms with Crippen molar-refractivity contribution >= 4 is 11.9 Å². The van der Waals surface area contributed by atoms with Crippen LogP contribution in [0.25, 0.3) is 0 Å². The standard InChI is InChI=1S/C16H31NO3.Na/c1-4-7-8-9-10-11-12-14(13-15(18)19)16(20)17(5-2)6-3;/h14H,4-13H2,1-3H3,(H,18,19);/q;+1/p-1. The Bertz CT molecular complexity index is 281. The first-order chi connectivity index (χ1) is 9.56. The molecule has 0 aliphatic rings. The summed E-state index contributed by atoms with van der Waals surface area (Å²) in [5.41, 5.74) is 0. The number of carbonyl (C=O) groups excluding carboxylic acids is 2. The predicted octanol–water partition coefficient (Wildman–Crippen LogP) is -0.634. The molecule has 0 bridgehead atoms. The first-order valence-corrected chi connectivity index (χ1v) is 8.05. The van der Waals surface area contributed by atoms with Crippen molar-refractivity contribution in [1.29, 1.82) is 0 Å². The zero-order valence-electron chi connectivity index (χ0n) is 14.3. The zero-order valence-corrected chi connectivity index (χ0v) is 16.3. The van der Waals surface area contributed by atoms with E-state index in [0.29, 0.717) is 19.5 Å². The van der Waals surface area contributed by atoms with E-state index in [1.54, 1.807) is 4.90 Å². The second-order valence-corrected chi connectivity index (χ2v) is 5.34. The molecule has 0 N–H and O–H groups in total. The fraction of sp³-hybridized carbons (Fsp3) is 0.875. The molecule has 118 valence electrons. The van der Waals surface area contributed by atoms with Gasteiger partial charge in [0.05, 0.1) is 0 Å². The van der Waals surface area contributed by atoms with E-state index in [-0.39, 0.29) is 41.9 Å². The second kappa shape index (κ2) is 14.9. The van der Waals surface area contributed by atoms with Crippen LogP contribution in [0.1, 0.15) is 72.1 Å². The Labute approximate surface area is 152 Å². The number of rotatable bonds is 12. The van der Waals surface area contributed by atoms with Crippen LogP contribution >= 0.6 is 0 Å². The van der Waals surface area contributed by atoms with Gasteiger partial charge in [0.1, 0.15) is 0 Å². The molecule has 0 rings (SSSR count). The number of carboxylic acids is 1. The number of amides is 1. The van der Waals surface area contributed by atoms with Gasteiger partial charge >= 0.3 is 29.6 Å². The third-order valence-electron chi connectivity index (χ3n) is 3.74. The quantitative estimate of drug-likeness (QED) is 0.356. The van der Waals surface area contributed by atoms with Crippen molar-refractivity contribution < 1.29 is 44.3 Å². The van der Waals surface area contributed by atoms with Gasteiger partial charge in [0, 0.05) is 25.0 Å². The van der Waals surface area contributed by atoms with Crippen molar-refractivity contribution in [2.75, 3.05) is 13.1 Å². The summed E-state index contributed by atoms with van der Waals surface area (Å²) in [4.78, 5) is 24.8. The summed E-state index contributed by atoms with van der Waals surface area (Å²) < 4.78 is 0. The smallest absolute Gasteiger partial charge is 0.550 e. The summed E-state index contributed by atoms with van der Waals surface area (Å²) in [6, 6.07) is 0. The summed E-state index contributed by atoms with van der Waals surface area (Å²) in [6.45, 7) is 7.29. The van der Waals surface area contributed by atoms with E-state index in [4.69, 9.17) is 0 Å². The fourth-order valence-corrected chi connectivity index (χ4v) is 2.48. The number of carboxylic acid groups (broad SMARTS) is 1. The Morgan fingerprint density at radius 3 is 1.95 bits per heavy atom. The monoisotopic (exact) mass is 307 g/mol. The number of carbonyl (C=O) groups is 2. The minimum absolute atomic E-state index is 0. The molecule has 0 aliphatic heterocycles. The van der Waals surface area contributed by atoms with Crippen LogP contribution in [0.4, 0.5) is 0 Å². The summed E-state index contributed by atoms with van der Waals surface area (Å²) >= 11 is 0. The molecule has 1 atom stereocenters. The van der Waals surface area contributed by atoms with Gasteiger partial charge in [-0.25, -0.2) is 0 Å². The molecule has 0 radical (unpaired) electrons. The number of aliphatic carboxylic acids is 1. The van der Waals surface area contributed by atoms with E-state index in [1.807, 2.05) is 13.8 Å². The maximum Gasteiger partial charge on any atom is 1.00 e. The number of unbranched alkanes of at least 4 members (excludes halogenated alkanes) is 5. The van der Waals surface area contributed by atoms with E-state index in [0.717, 1.165) is 12.8 Å². The van der Waals surface area contributed by atoms with Crippen molar-refractivity contribution in [3.63, 3.8) is 0 Å². The van der Waals surface area contributed by atoms with Gasteiger partial charge in [0.2, 0.25) is 5.91 Å². The molecule has 0 heterocycles. The van der Waals surface area contributed by atoms with Crippen LogP contribution in [0.15, 0.2) is 0 Å². The van der Waals surface area contributed by atoms with Crippen LogP contribution in [0.5, 0.6) is 0 Å².